The number of hydrogen-bond acceptors (Lipinski definition) is 5. The number of carboxylic acids is 1. The van der Waals surface area contributed by atoms with Crippen LogP contribution < -0.4 is 9.47 Å². The smallest absolute Gasteiger partial charge is 0.341 e. The molecule has 0 radical (unpaired) electrons. The summed E-state index contributed by atoms with van der Waals surface area (Å²) < 4.78 is 11.6. The van der Waals surface area contributed by atoms with Crippen molar-refractivity contribution in [3.63, 3.8) is 0 Å². The maximum absolute atomic E-state index is 10.6. The Morgan fingerprint density at radius 2 is 2.04 bits per heavy atom. The first kappa shape index (κ1) is 17.0. The van der Waals surface area contributed by atoms with E-state index in [9.17, 15) is 4.79 Å². The number of fused-ring (bicyclic) bond motifs is 1. The molecule has 0 saturated heterocycles. The number of aromatic nitrogens is 1. The van der Waals surface area contributed by atoms with E-state index in [1.54, 1.807) is 23.5 Å². The lowest BCUT2D eigenvalue weighted by Crippen LogP contribution is -2.10. The molecule has 0 unspecified atom stereocenters. The number of rotatable bonds is 6. The van der Waals surface area contributed by atoms with Crippen LogP contribution in [0.3, 0.4) is 0 Å². The molecule has 2 aromatic carbocycles. The second-order valence-electron chi connectivity index (χ2n) is 5.45. The Labute approximate surface area is 149 Å². The van der Waals surface area contributed by atoms with Crippen LogP contribution in [0.1, 0.15) is 16.1 Å². The van der Waals surface area contributed by atoms with Gasteiger partial charge in [-0.05, 0) is 48.4 Å². The van der Waals surface area contributed by atoms with Gasteiger partial charge in [0.25, 0.3) is 0 Å². The topological polar surface area (TPSA) is 68.7 Å². The molecule has 0 aliphatic carbocycles. The maximum atomic E-state index is 10.6. The molecule has 0 spiro atoms. The molecule has 0 atom stereocenters. The average Bonchev–Trinajstić information content (AvgIpc) is 3.00. The molecular weight excluding hydrogens is 338 g/mol. The van der Waals surface area contributed by atoms with Crippen LogP contribution in [-0.2, 0) is 4.79 Å². The van der Waals surface area contributed by atoms with Gasteiger partial charge in [-0.1, -0.05) is 18.2 Å². The Balaban J connectivity index is 1.81. The van der Waals surface area contributed by atoms with Crippen molar-refractivity contribution in [2.75, 3.05) is 13.7 Å². The summed E-state index contributed by atoms with van der Waals surface area (Å²) in [7, 11) is 1.52. The van der Waals surface area contributed by atoms with Gasteiger partial charge in [-0.25, -0.2) is 9.78 Å². The highest BCUT2D eigenvalue weighted by atomic mass is 32.1. The fourth-order valence-electron chi connectivity index (χ4n) is 2.34. The molecule has 128 valence electrons. The number of carbonyl (C=O) groups is 1. The van der Waals surface area contributed by atoms with Crippen LogP contribution in [0.2, 0.25) is 0 Å². The van der Waals surface area contributed by atoms with E-state index in [0.29, 0.717) is 11.5 Å². The Kier molecular flexibility index (Phi) is 5.00. The van der Waals surface area contributed by atoms with E-state index in [4.69, 9.17) is 14.6 Å². The number of aliphatic carboxylic acids is 1. The number of thiazole rings is 1. The quantitative estimate of drug-likeness (QED) is 0.716. The van der Waals surface area contributed by atoms with Gasteiger partial charge in [0.05, 0.1) is 17.3 Å². The van der Waals surface area contributed by atoms with Gasteiger partial charge >= 0.3 is 5.97 Å². The van der Waals surface area contributed by atoms with Crippen LogP contribution >= 0.6 is 11.3 Å². The van der Waals surface area contributed by atoms with Gasteiger partial charge in [-0.15, -0.1) is 11.3 Å². The van der Waals surface area contributed by atoms with E-state index in [1.165, 1.54) is 12.7 Å². The number of aryl methyl sites for hydroxylation is 1. The number of hydrogen-bond donors (Lipinski definition) is 1. The third-order valence-electron chi connectivity index (χ3n) is 3.52. The molecule has 3 aromatic rings. The molecule has 1 heterocycles. The zero-order chi connectivity index (χ0) is 17.8. The summed E-state index contributed by atoms with van der Waals surface area (Å²) in [6.45, 7) is 1.64. The lowest BCUT2D eigenvalue weighted by atomic mass is 10.2. The number of ether oxygens (including phenoxy) is 2. The zero-order valence-electron chi connectivity index (χ0n) is 13.9. The lowest BCUT2D eigenvalue weighted by Gasteiger charge is -2.09. The van der Waals surface area contributed by atoms with Crippen molar-refractivity contribution in [1.29, 1.82) is 0 Å². The summed E-state index contributed by atoms with van der Waals surface area (Å²) in [6.07, 6.45) is 3.89. The molecule has 6 heteroatoms. The van der Waals surface area contributed by atoms with Crippen molar-refractivity contribution in [2.24, 2.45) is 0 Å². The van der Waals surface area contributed by atoms with Crippen molar-refractivity contribution in [1.82, 2.24) is 4.98 Å². The number of benzene rings is 2. The van der Waals surface area contributed by atoms with Gasteiger partial charge < -0.3 is 14.6 Å². The summed E-state index contributed by atoms with van der Waals surface area (Å²) >= 11 is 1.63. The van der Waals surface area contributed by atoms with Gasteiger partial charge in [-0.2, -0.15) is 0 Å². The fraction of sp³-hybridized carbons (Fsp3) is 0.158. The van der Waals surface area contributed by atoms with Crippen LogP contribution in [0.25, 0.3) is 22.4 Å². The molecule has 0 bridgehead atoms. The molecule has 0 amide bonds. The molecule has 0 saturated carbocycles. The summed E-state index contributed by atoms with van der Waals surface area (Å²) in [5.41, 5.74) is 3.10. The van der Waals surface area contributed by atoms with E-state index in [-0.39, 0.29) is 0 Å². The standard InChI is InChI=1S/C19H17NO4S/c1-12-3-7-17-14(9-12)20-18(25-17)8-5-13-4-6-15(16(10-13)23-2)24-11-19(21)22/h3-10H,11H2,1-2H3,(H,21,22)/b8-5+. The van der Waals surface area contributed by atoms with Gasteiger partial charge in [-0.3, -0.25) is 0 Å². The minimum Gasteiger partial charge on any atom is -0.493 e. The summed E-state index contributed by atoms with van der Waals surface area (Å²) in [4.78, 5) is 15.2. The number of methoxy groups -OCH3 is 1. The van der Waals surface area contributed by atoms with Crippen LogP contribution in [-0.4, -0.2) is 29.8 Å². The van der Waals surface area contributed by atoms with Crippen molar-refractivity contribution < 1.29 is 19.4 Å². The fourth-order valence-corrected chi connectivity index (χ4v) is 3.19. The molecule has 0 aliphatic rings. The van der Waals surface area contributed by atoms with Gasteiger partial charge in [0.15, 0.2) is 18.1 Å². The normalized spacial score (nSPS) is 11.1. The third kappa shape index (κ3) is 4.16. The maximum Gasteiger partial charge on any atom is 0.341 e. The van der Waals surface area contributed by atoms with E-state index in [2.05, 4.69) is 30.1 Å². The van der Waals surface area contributed by atoms with Crippen molar-refractivity contribution >= 4 is 39.7 Å². The zero-order valence-corrected chi connectivity index (χ0v) is 14.7. The van der Waals surface area contributed by atoms with E-state index in [0.717, 1.165) is 20.8 Å². The van der Waals surface area contributed by atoms with Crippen LogP contribution in [0.4, 0.5) is 0 Å². The highest BCUT2D eigenvalue weighted by Crippen LogP contribution is 2.29. The molecular formula is C19H17NO4S. The largest absolute Gasteiger partial charge is 0.493 e. The Morgan fingerprint density at radius 3 is 2.80 bits per heavy atom. The Bertz CT molecular complexity index is 946. The van der Waals surface area contributed by atoms with Gasteiger partial charge in [0, 0.05) is 0 Å². The predicted octanol–water partition coefficient (Wildman–Crippen LogP) is 4.25. The monoisotopic (exact) mass is 355 g/mol. The predicted molar refractivity (Wildman–Crippen MR) is 99.4 cm³/mol. The van der Waals surface area contributed by atoms with Crippen LogP contribution in [0.15, 0.2) is 36.4 Å². The van der Waals surface area contributed by atoms with Gasteiger partial charge in [0.1, 0.15) is 5.01 Å². The van der Waals surface area contributed by atoms with Gasteiger partial charge in [0.2, 0.25) is 0 Å². The van der Waals surface area contributed by atoms with E-state index >= 15 is 0 Å². The van der Waals surface area contributed by atoms with Crippen molar-refractivity contribution in [3.05, 3.63) is 52.5 Å². The highest BCUT2D eigenvalue weighted by molar-refractivity contribution is 7.19. The van der Waals surface area contributed by atoms with Crippen molar-refractivity contribution in [3.8, 4) is 11.5 Å². The Hall–Kier alpha value is -2.86. The minimum absolute atomic E-state index is 0.400. The summed E-state index contributed by atoms with van der Waals surface area (Å²) in [6, 6.07) is 11.6. The third-order valence-corrected chi connectivity index (χ3v) is 4.52. The SMILES string of the molecule is COc1cc(/C=C/c2nc3cc(C)ccc3s2)ccc1OCC(=O)O. The molecule has 0 aliphatic heterocycles. The van der Waals surface area contributed by atoms with Crippen LogP contribution in [0.5, 0.6) is 11.5 Å². The first-order chi connectivity index (χ1) is 12.0. The van der Waals surface area contributed by atoms with E-state index in [1.807, 2.05) is 18.2 Å². The van der Waals surface area contributed by atoms with Crippen molar-refractivity contribution in [2.45, 2.75) is 6.92 Å². The summed E-state index contributed by atoms with van der Waals surface area (Å²) in [5, 5.41) is 9.62. The second kappa shape index (κ2) is 7.36. The highest BCUT2D eigenvalue weighted by Gasteiger charge is 2.07. The first-order valence-corrected chi connectivity index (χ1v) is 8.45. The molecule has 1 N–H and O–H groups in total. The molecule has 0 fully saturated rings. The van der Waals surface area contributed by atoms with Crippen LogP contribution in [0, 0.1) is 6.92 Å². The lowest BCUT2D eigenvalue weighted by molar-refractivity contribution is -0.139. The second-order valence-corrected chi connectivity index (χ2v) is 6.51. The first-order valence-electron chi connectivity index (χ1n) is 7.63. The minimum atomic E-state index is -1.03. The molecule has 3 rings (SSSR count). The molecule has 25 heavy (non-hydrogen) atoms. The number of nitrogens with zero attached hydrogens (tertiary/aromatic N) is 1. The molecule has 5 nitrogen and oxygen atoms in total. The summed E-state index contributed by atoms with van der Waals surface area (Å²) in [5.74, 6) is -0.141. The number of carboxylic acid groups (broad SMARTS) is 1. The molecule has 1 aromatic heterocycles. The Morgan fingerprint density at radius 1 is 1.20 bits per heavy atom. The van der Waals surface area contributed by atoms with E-state index < -0.39 is 12.6 Å². The average molecular weight is 355 g/mol.